The summed E-state index contributed by atoms with van der Waals surface area (Å²) in [5.41, 5.74) is 1.20. The molecule has 1 atom stereocenters. The third-order valence-electron chi connectivity index (χ3n) is 3.63. The first-order valence-electron chi connectivity index (χ1n) is 7.61. The molecule has 1 aromatic rings. The summed E-state index contributed by atoms with van der Waals surface area (Å²) < 4.78 is 0. The molecule has 0 fully saturated rings. The molecular formula is C17H26BrNO. The maximum atomic E-state index is 12.7. The quantitative estimate of drug-likeness (QED) is 0.601. The van der Waals surface area contributed by atoms with Gasteiger partial charge in [-0.25, -0.2) is 0 Å². The highest BCUT2D eigenvalue weighted by atomic mass is 79.9. The van der Waals surface area contributed by atoms with Gasteiger partial charge in [-0.3, -0.25) is 4.79 Å². The second kappa shape index (κ2) is 9.98. The van der Waals surface area contributed by atoms with E-state index in [1.807, 2.05) is 23.1 Å². The molecule has 0 aromatic heterocycles. The molecule has 1 amide bonds. The lowest BCUT2D eigenvalue weighted by molar-refractivity contribution is -0.136. The van der Waals surface area contributed by atoms with Gasteiger partial charge in [0.05, 0.1) is 0 Å². The number of carbonyl (C=O) groups excluding carboxylic acids is 1. The Morgan fingerprint density at radius 1 is 1.25 bits per heavy atom. The monoisotopic (exact) mass is 339 g/mol. The highest BCUT2D eigenvalue weighted by molar-refractivity contribution is 9.09. The first-order chi connectivity index (χ1) is 9.72. The number of unbranched alkanes of at least 4 members (excludes halogenated alkanes) is 1. The Balaban J connectivity index is 2.70. The van der Waals surface area contributed by atoms with Crippen LogP contribution in [-0.4, -0.2) is 22.7 Å². The minimum absolute atomic E-state index is 0.178. The number of rotatable bonds is 9. The molecular weight excluding hydrogens is 314 g/mol. The zero-order valence-corrected chi connectivity index (χ0v) is 14.2. The molecule has 20 heavy (non-hydrogen) atoms. The van der Waals surface area contributed by atoms with Gasteiger partial charge in [0.1, 0.15) is 0 Å². The molecule has 0 aliphatic rings. The number of carbonyl (C=O) groups is 1. The van der Waals surface area contributed by atoms with Gasteiger partial charge in [0.2, 0.25) is 5.91 Å². The first-order valence-corrected chi connectivity index (χ1v) is 8.73. The van der Waals surface area contributed by atoms with Crippen LogP contribution in [0.4, 0.5) is 0 Å². The van der Waals surface area contributed by atoms with E-state index < -0.39 is 0 Å². The van der Waals surface area contributed by atoms with E-state index in [9.17, 15) is 4.79 Å². The molecule has 2 nitrogen and oxygen atoms in total. The Kier molecular flexibility index (Phi) is 8.59. The molecule has 0 N–H and O–H groups in total. The summed E-state index contributed by atoms with van der Waals surface area (Å²) in [6.07, 6.45) is 4.24. The summed E-state index contributed by atoms with van der Waals surface area (Å²) in [5, 5.41) is 0.829. The van der Waals surface area contributed by atoms with Gasteiger partial charge in [0.25, 0.3) is 0 Å². The molecule has 0 bridgehead atoms. The van der Waals surface area contributed by atoms with Crippen molar-refractivity contribution in [2.24, 2.45) is 5.92 Å². The van der Waals surface area contributed by atoms with Crippen LogP contribution < -0.4 is 0 Å². The van der Waals surface area contributed by atoms with E-state index >= 15 is 0 Å². The fourth-order valence-electron chi connectivity index (χ4n) is 2.38. The Labute approximate surface area is 131 Å². The molecule has 0 radical (unpaired) electrons. The Hall–Kier alpha value is -0.830. The van der Waals surface area contributed by atoms with E-state index in [2.05, 4.69) is 41.9 Å². The van der Waals surface area contributed by atoms with Crippen molar-refractivity contribution < 1.29 is 4.79 Å². The Morgan fingerprint density at radius 3 is 2.50 bits per heavy atom. The Morgan fingerprint density at radius 2 is 1.95 bits per heavy atom. The van der Waals surface area contributed by atoms with Gasteiger partial charge < -0.3 is 4.90 Å². The normalized spacial score (nSPS) is 12.2. The van der Waals surface area contributed by atoms with Crippen LogP contribution in [0.1, 0.15) is 45.1 Å². The second-order valence-corrected chi connectivity index (χ2v) is 5.97. The third kappa shape index (κ3) is 5.66. The molecule has 0 saturated carbocycles. The molecule has 112 valence electrons. The maximum Gasteiger partial charge on any atom is 0.225 e. The van der Waals surface area contributed by atoms with Crippen molar-refractivity contribution in [1.82, 2.24) is 4.90 Å². The van der Waals surface area contributed by atoms with Gasteiger partial charge in [-0.1, -0.05) is 73.0 Å². The number of halogens is 1. The molecule has 1 rings (SSSR count). The van der Waals surface area contributed by atoms with Gasteiger partial charge in [-0.05, 0) is 18.4 Å². The van der Waals surface area contributed by atoms with Crippen molar-refractivity contribution in [3.63, 3.8) is 0 Å². The van der Waals surface area contributed by atoms with Crippen molar-refractivity contribution in [2.45, 2.75) is 46.1 Å². The third-order valence-corrected chi connectivity index (χ3v) is 3.99. The van der Waals surface area contributed by atoms with Gasteiger partial charge in [0.15, 0.2) is 0 Å². The van der Waals surface area contributed by atoms with Crippen molar-refractivity contribution in [3.05, 3.63) is 35.9 Å². The van der Waals surface area contributed by atoms with Crippen LogP contribution >= 0.6 is 15.9 Å². The van der Waals surface area contributed by atoms with Crippen molar-refractivity contribution in [3.8, 4) is 0 Å². The van der Waals surface area contributed by atoms with E-state index in [4.69, 9.17) is 0 Å². The van der Waals surface area contributed by atoms with Crippen molar-refractivity contribution in [1.29, 1.82) is 0 Å². The molecule has 0 aliphatic heterocycles. The predicted octanol–water partition coefficient (Wildman–Crippen LogP) is 4.63. The van der Waals surface area contributed by atoms with Gasteiger partial charge in [-0.15, -0.1) is 0 Å². The molecule has 0 heterocycles. The van der Waals surface area contributed by atoms with E-state index in [0.29, 0.717) is 12.5 Å². The van der Waals surface area contributed by atoms with Gasteiger partial charge >= 0.3 is 0 Å². The molecule has 3 heteroatoms. The summed E-state index contributed by atoms with van der Waals surface area (Å²) in [6, 6.07) is 10.2. The SMILES string of the molecule is CCCCC(CC)C(=O)N(CCBr)Cc1ccccc1. The highest BCUT2D eigenvalue weighted by Gasteiger charge is 2.22. The summed E-state index contributed by atoms with van der Waals surface area (Å²) >= 11 is 3.46. The average Bonchev–Trinajstić information content (AvgIpc) is 2.48. The number of benzene rings is 1. The van der Waals surface area contributed by atoms with E-state index in [1.165, 1.54) is 5.56 Å². The summed E-state index contributed by atoms with van der Waals surface area (Å²) in [5.74, 6) is 0.488. The summed E-state index contributed by atoms with van der Waals surface area (Å²) in [4.78, 5) is 14.7. The lowest BCUT2D eigenvalue weighted by Crippen LogP contribution is -2.37. The summed E-state index contributed by atoms with van der Waals surface area (Å²) in [7, 11) is 0. The average molecular weight is 340 g/mol. The van der Waals surface area contributed by atoms with Crippen molar-refractivity contribution >= 4 is 21.8 Å². The van der Waals surface area contributed by atoms with Crippen LogP contribution in [0, 0.1) is 5.92 Å². The summed E-state index contributed by atoms with van der Waals surface area (Å²) in [6.45, 7) is 5.79. The van der Waals surface area contributed by atoms with Crippen molar-refractivity contribution in [2.75, 3.05) is 11.9 Å². The van der Waals surface area contributed by atoms with Crippen LogP contribution in [0.3, 0.4) is 0 Å². The lowest BCUT2D eigenvalue weighted by atomic mass is 9.97. The smallest absolute Gasteiger partial charge is 0.225 e. The molecule has 0 spiro atoms. The predicted molar refractivity (Wildman–Crippen MR) is 89.0 cm³/mol. The lowest BCUT2D eigenvalue weighted by Gasteiger charge is -2.26. The highest BCUT2D eigenvalue weighted by Crippen LogP contribution is 2.18. The molecule has 0 saturated heterocycles. The van der Waals surface area contributed by atoms with E-state index in [-0.39, 0.29) is 5.92 Å². The zero-order chi connectivity index (χ0) is 14.8. The fraction of sp³-hybridized carbons (Fsp3) is 0.588. The second-order valence-electron chi connectivity index (χ2n) is 5.18. The van der Waals surface area contributed by atoms with Crippen LogP contribution in [0.15, 0.2) is 30.3 Å². The topological polar surface area (TPSA) is 20.3 Å². The molecule has 1 aromatic carbocycles. The van der Waals surface area contributed by atoms with Crippen LogP contribution in [0.5, 0.6) is 0 Å². The molecule has 1 unspecified atom stereocenters. The fourth-order valence-corrected chi connectivity index (χ4v) is 2.81. The zero-order valence-electron chi connectivity index (χ0n) is 12.6. The Bertz CT molecular complexity index is 380. The number of hydrogen-bond acceptors (Lipinski definition) is 1. The van der Waals surface area contributed by atoms with Gasteiger partial charge in [-0.2, -0.15) is 0 Å². The number of alkyl halides is 1. The van der Waals surface area contributed by atoms with Crippen LogP contribution in [0.2, 0.25) is 0 Å². The number of nitrogens with zero attached hydrogens (tertiary/aromatic N) is 1. The largest absolute Gasteiger partial charge is 0.337 e. The van der Waals surface area contributed by atoms with Crippen LogP contribution in [-0.2, 0) is 11.3 Å². The number of amides is 1. The van der Waals surface area contributed by atoms with E-state index in [1.54, 1.807) is 0 Å². The minimum Gasteiger partial charge on any atom is -0.337 e. The van der Waals surface area contributed by atoms with Gasteiger partial charge in [0, 0.05) is 24.3 Å². The number of hydrogen-bond donors (Lipinski definition) is 0. The van der Waals surface area contributed by atoms with E-state index in [0.717, 1.165) is 37.6 Å². The standard InChI is InChI=1S/C17H26BrNO/c1-3-5-11-16(4-2)17(20)19(13-12-18)14-15-9-7-6-8-10-15/h6-10,16H,3-5,11-14H2,1-2H3. The first kappa shape index (κ1) is 17.2. The molecule has 0 aliphatic carbocycles. The minimum atomic E-state index is 0.178. The maximum absolute atomic E-state index is 12.7. The van der Waals surface area contributed by atoms with Crippen LogP contribution in [0.25, 0.3) is 0 Å².